The first-order valence-corrected chi connectivity index (χ1v) is 6.36. The van der Waals surface area contributed by atoms with E-state index < -0.39 is 0 Å². The average molecular weight is 280 g/mol. The van der Waals surface area contributed by atoms with E-state index in [2.05, 4.69) is 15.1 Å². The van der Waals surface area contributed by atoms with Crippen molar-refractivity contribution in [3.8, 4) is 11.4 Å². The van der Waals surface area contributed by atoms with Crippen LogP contribution in [-0.4, -0.2) is 19.6 Å². The summed E-state index contributed by atoms with van der Waals surface area (Å²) in [6, 6.07) is 13.2. The maximum Gasteiger partial charge on any atom is 0.348 e. The Balaban J connectivity index is 2.05. The average Bonchev–Trinajstić information content (AvgIpc) is 2.94. The maximum atomic E-state index is 13.0. The topological polar surface area (TPSA) is 63.0 Å². The molecule has 0 saturated carbocycles. The third-order valence-corrected chi connectivity index (χ3v) is 3.31. The van der Waals surface area contributed by atoms with Crippen LogP contribution in [0.1, 0.15) is 0 Å². The van der Waals surface area contributed by atoms with Gasteiger partial charge in [0.1, 0.15) is 5.82 Å². The third kappa shape index (κ3) is 1.80. The molecule has 0 spiro atoms. The predicted molar refractivity (Wildman–Crippen MR) is 76.5 cm³/mol. The lowest BCUT2D eigenvalue weighted by Crippen LogP contribution is -2.17. The van der Waals surface area contributed by atoms with E-state index in [1.54, 1.807) is 12.1 Å². The summed E-state index contributed by atoms with van der Waals surface area (Å²) in [4.78, 5) is 19.2. The molecule has 2 aromatic carbocycles. The van der Waals surface area contributed by atoms with Gasteiger partial charge in [-0.25, -0.2) is 14.2 Å². The molecule has 0 aliphatic heterocycles. The van der Waals surface area contributed by atoms with Crippen LogP contribution in [-0.2, 0) is 0 Å². The van der Waals surface area contributed by atoms with Crippen LogP contribution < -0.4 is 5.69 Å². The number of para-hydroxylation sites is 1. The van der Waals surface area contributed by atoms with Crippen molar-refractivity contribution in [1.82, 2.24) is 19.6 Å². The Kier molecular flexibility index (Phi) is 2.38. The first kappa shape index (κ1) is 11.8. The zero-order valence-electron chi connectivity index (χ0n) is 10.7. The number of H-pyrrole nitrogens is 1. The van der Waals surface area contributed by atoms with Crippen LogP contribution >= 0.6 is 0 Å². The zero-order valence-corrected chi connectivity index (χ0v) is 10.7. The minimum atomic E-state index is -0.357. The quantitative estimate of drug-likeness (QED) is 0.582. The molecule has 0 bridgehead atoms. The van der Waals surface area contributed by atoms with Crippen LogP contribution in [0.2, 0.25) is 0 Å². The number of aromatic nitrogens is 4. The van der Waals surface area contributed by atoms with E-state index in [1.165, 1.54) is 16.6 Å². The molecule has 102 valence electrons. The summed E-state index contributed by atoms with van der Waals surface area (Å²) in [6.45, 7) is 0. The Morgan fingerprint density at radius 2 is 1.81 bits per heavy atom. The van der Waals surface area contributed by atoms with Crippen molar-refractivity contribution < 1.29 is 4.39 Å². The Labute approximate surface area is 117 Å². The van der Waals surface area contributed by atoms with E-state index in [0.717, 1.165) is 5.39 Å². The van der Waals surface area contributed by atoms with Gasteiger partial charge < -0.3 is 4.98 Å². The van der Waals surface area contributed by atoms with Crippen molar-refractivity contribution in [2.45, 2.75) is 0 Å². The van der Waals surface area contributed by atoms with Gasteiger partial charge in [-0.15, -0.1) is 5.10 Å². The summed E-state index contributed by atoms with van der Waals surface area (Å²) in [7, 11) is 0. The molecule has 4 aromatic rings. The Hall–Kier alpha value is -3.02. The SMILES string of the molecule is O=c1[nH]c2ccccc2c2nc(-c3ccc(F)cc3)nn12. The van der Waals surface area contributed by atoms with E-state index in [1.807, 2.05) is 24.3 Å². The second kappa shape index (κ2) is 4.24. The van der Waals surface area contributed by atoms with E-state index in [0.29, 0.717) is 22.6 Å². The van der Waals surface area contributed by atoms with Crippen molar-refractivity contribution in [3.05, 3.63) is 64.8 Å². The van der Waals surface area contributed by atoms with Gasteiger partial charge in [0, 0.05) is 10.9 Å². The van der Waals surface area contributed by atoms with E-state index in [9.17, 15) is 9.18 Å². The molecule has 0 aliphatic carbocycles. The Morgan fingerprint density at radius 3 is 2.62 bits per heavy atom. The zero-order chi connectivity index (χ0) is 14.4. The summed E-state index contributed by atoms with van der Waals surface area (Å²) < 4.78 is 14.2. The second-order valence-electron chi connectivity index (χ2n) is 4.65. The molecular formula is C15H9FN4O. The van der Waals surface area contributed by atoms with Crippen LogP contribution in [0.4, 0.5) is 4.39 Å². The number of rotatable bonds is 1. The van der Waals surface area contributed by atoms with Gasteiger partial charge in [-0.1, -0.05) is 12.1 Å². The number of halogens is 1. The summed E-state index contributed by atoms with van der Waals surface area (Å²) >= 11 is 0. The molecule has 5 nitrogen and oxygen atoms in total. The summed E-state index contributed by atoms with van der Waals surface area (Å²) in [6.07, 6.45) is 0. The van der Waals surface area contributed by atoms with Crippen LogP contribution in [0.5, 0.6) is 0 Å². The number of aromatic amines is 1. The maximum absolute atomic E-state index is 13.0. The molecule has 0 amide bonds. The van der Waals surface area contributed by atoms with Crippen LogP contribution in [0, 0.1) is 5.82 Å². The molecule has 4 rings (SSSR count). The Bertz CT molecular complexity index is 1020. The van der Waals surface area contributed by atoms with Gasteiger partial charge in [0.05, 0.1) is 5.52 Å². The second-order valence-corrected chi connectivity index (χ2v) is 4.65. The standard InChI is InChI=1S/C15H9FN4O/c16-10-7-5-9(6-8-10)13-18-14-11-3-1-2-4-12(11)17-15(21)20(14)19-13/h1-8H,(H,17,21). The molecule has 2 aromatic heterocycles. The summed E-state index contributed by atoms with van der Waals surface area (Å²) in [5.41, 5.74) is 1.48. The minimum absolute atomic E-state index is 0.328. The van der Waals surface area contributed by atoms with Crippen molar-refractivity contribution in [1.29, 1.82) is 0 Å². The first-order chi connectivity index (χ1) is 10.2. The minimum Gasteiger partial charge on any atom is -0.305 e. The van der Waals surface area contributed by atoms with Crippen molar-refractivity contribution in [3.63, 3.8) is 0 Å². The van der Waals surface area contributed by atoms with Crippen molar-refractivity contribution in [2.75, 3.05) is 0 Å². The molecule has 0 atom stereocenters. The van der Waals surface area contributed by atoms with Crippen LogP contribution in [0.3, 0.4) is 0 Å². The molecule has 0 unspecified atom stereocenters. The monoisotopic (exact) mass is 280 g/mol. The number of nitrogens with one attached hydrogen (secondary N) is 1. The predicted octanol–water partition coefficient (Wildman–Crippen LogP) is 2.38. The smallest absolute Gasteiger partial charge is 0.305 e. The van der Waals surface area contributed by atoms with E-state index >= 15 is 0 Å². The van der Waals surface area contributed by atoms with Gasteiger partial charge in [0.25, 0.3) is 0 Å². The lowest BCUT2D eigenvalue weighted by Gasteiger charge is -1.97. The van der Waals surface area contributed by atoms with Crippen molar-refractivity contribution in [2.24, 2.45) is 0 Å². The lowest BCUT2D eigenvalue weighted by atomic mass is 10.2. The van der Waals surface area contributed by atoms with Gasteiger partial charge in [0.15, 0.2) is 11.5 Å². The third-order valence-electron chi connectivity index (χ3n) is 3.31. The lowest BCUT2D eigenvalue weighted by molar-refractivity contribution is 0.628. The van der Waals surface area contributed by atoms with Gasteiger partial charge >= 0.3 is 5.69 Å². The highest BCUT2D eigenvalue weighted by Crippen LogP contribution is 2.19. The number of fused-ring (bicyclic) bond motifs is 3. The number of benzene rings is 2. The van der Waals surface area contributed by atoms with E-state index in [-0.39, 0.29) is 11.5 Å². The van der Waals surface area contributed by atoms with Gasteiger partial charge in [-0.2, -0.15) is 4.52 Å². The van der Waals surface area contributed by atoms with Gasteiger partial charge in [-0.05, 0) is 36.4 Å². The molecule has 0 saturated heterocycles. The largest absolute Gasteiger partial charge is 0.348 e. The van der Waals surface area contributed by atoms with E-state index in [4.69, 9.17) is 0 Å². The molecular weight excluding hydrogens is 271 g/mol. The molecule has 1 N–H and O–H groups in total. The molecule has 0 radical (unpaired) electrons. The summed E-state index contributed by atoms with van der Waals surface area (Å²) in [5.74, 6) is 0.0580. The van der Waals surface area contributed by atoms with Crippen LogP contribution in [0.15, 0.2) is 53.3 Å². The fraction of sp³-hybridized carbons (Fsp3) is 0. The number of hydrogen-bond donors (Lipinski definition) is 1. The van der Waals surface area contributed by atoms with Gasteiger partial charge in [-0.3, -0.25) is 0 Å². The van der Waals surface area contributed by atoms with Gasteiger partial charge in [0.2, 0.25) is 0 Å². The number of hydrogen-bond acceptors (Lipinski definition) is 3. The van der Waals surface area contributed by atoms with Crippen molar-refractivity contribution >= 4 is 16.6 Å². The number of nitrogens with zero attached hydrogens (tertiary/aromatic N) is 3. The fourth-order valence-corrected chi connectivity index (χ4v) is 2.30. The van der Waals surface area contributed by atoms with Crippen LogP contribution in [0.25, 0.3) is 27.9 Å². The molecule has 6 heteroatoms. The normalized spacial score (nSPS) is 11.3. The summed E-state index contributed by atoms with van der Waals surface area (Å²) in [5, 5.41) is 5.01. The fourth-order valence-electron chi connectivity index (χ4n) is 2.30. The molecule has 0 fully saturated rings. The highest BCUT2D eigenvalue weighted by atomic mass is 19.1. The first-order valence-electron chi connectivity index (χ1n) is 6.36. The molecule has 2 heterocycles. The molecule has 21 heavy (non-hydrogen) atoms. The Morgan fingerprint density at radius 1 is 1.05 bits per heavy atom. The molecule has 0 aliphatic rings. The highest BCUT2D eigenvalue weighted by molar-refractivity contribution is 5.91. The highest BCUT2D eigenvalue weighted by Gasteiger charge is 2.11.